The van der Waals surface area contributed by atoms with Gasteiger partial charge >= 0.3 is 0 Å². The lowest BCUT2D eigenvalue weighted by atomic mass is 10.3. The van der Waals surface area contributed by atoms with E-state index in [9.17, 15) is 4.79 Å². The predicted molar refractivity (Wildman–Crippen MR) is 57.2 cm³/mol. The lowest BCUT2D eigenvalue weighted by molar-refractivity contribution is -0.131. The van der Waals surface area contributed by atoms with E-state index in [2.05, 4.69) is 9.97 Å². The quantitative estimate of drug-likeness (QED) is 0.815. The molecule has 82 valence electrons. The van der Waals surface area contributed by atoms with Crippen molar-refractivity contribution in [1.29, 1.82) is 0 Å². The van der Waals surface area contributed by atoms with Gasteiger partial charge in [-0.05, 0) is 6.92 Å². The Labute approximate surface area is 93.3 Å². The van der Waals surface area contributed by atoms with E-state index in [0.717, 1.165) is 0 Å². The van der Waals surface area contributed by atoms with Gasteiger partial charge in [0, 0.05) is 19.4 Å². The summed E-state index contributed by atoms with van der Waals surface area (Å²) in [5, 5.41) is 0.307. The first-order valence-electron chi connectivity index (χ1n) is 4.48. The van der Waals surface area contributed by atoms with E-state index < -0.39 is 6.04 Å². The standard InChI is InChI=1S/C9H13ClN4O/c1-6(11)9(15)14(2)5-7-8(10)13-4-3-12-7/h3-4,6H,5,11H2,1-2H3. The van der Waals surface area contributed by atoms with Crippen molar-refractivity contribution in [2.24, 2.45) is 5.73 Å². The van der Waals surface area contributed by atoms with E-state index in [4.69, 9.17) is 17.3 Å². The fourth-order valence-corrected chi connectivity index (χ4v) is 1.27. The summed E-state index contributed by atoms with van der Waals surface area (Å²) in [5.41, 5.74) is 6.03. The number of aromatic nitrogens is 2. The summed E-state index contributed by atoms with van der Waals surface area (Å²) in [6.07, 6.45) is 3.03. The monoisotopic (exact) mass is 228 g/mol. The third-order valence-corrected chi connectivity index (χ3v) is 2.19. The Bertz CT molecular complexity index is 356. The minimum absolute atomic E-state index is 0.156. The molecular formula is C9H13ClN4O. The summed E-state index contributed by atoms with van der Waals surface area (Å²) in [4.78, 5) is 20.8. The molecule has 1 atom stereocenters. The maximum absolute atomic E-state index is 11.5. The summed E-state index contributed by atoms with van der Waals surface area (Å²) in [6, 6.07) is -0.523. The minimum Gasteiger partial charge on any atom is -0.338 e. The van der Waals surface area contributed by atoms with Crippen molar-refractivity contribution in [3.05, 3.63) is 23.2 Å². The van der Waals surface area contributed by atoms with Gasteiger partial charge in [-0.3, -0.25) is 9.78 Å². The SMILES string of the molecule is CC(N)C(=O)N(C)Cc1nccnc1Cl. The van der Waals surface area contributed by atoms with Gasteiger partial charge < -0.3 is 10.6 Å². The van der Waals surface area contributed by atoms with Gasteiger partial charge in [-0.25, -0.2) is 4.98 Å². The van der Waals surface area contributed by atoms with Crippen LogP contribution >= 0.6 is 11.6 Å². The number of hydrogen-bond acceptors (Lipinski definition) is 4. The number of halogens is 1. The Hall–Kier alpha value is -1.20. The van der Waals surface area contributed by atoms with Crippen molar-refractivity contribution < 1.29 is 4.79 Å². The zero-order chi connectivity index (χ0) is 11.4. The van der Waals surface area contributed by atoms with Crippen LogP contribution in [0.3, 0.4) is 0 Å². The Morgan fingerprint density at radius 1 is 1.60 bits per heavy atom. The van der Waals surface area contributed by atoms with Crippen molar-refractivity contribution in [3.8, 4) is 0 Å². The fraction of sp³-hybridized carbons (Fsp3) is 0.444. The van der Waals surface area contributed by atoms with Gasteiger partial charge in [0.15, 0.2) is 5.15 Å². The number of carbonyl (C=O) groups is 1. The average molecular weight is 229 g/mol. The van der Waals surface area contributed by atoms with Gasteiger partial charge in [0.1, 0.15) is 0 Å². The number of carbonyl (C=O) groups excluding carboxylic acids is 1. The molecule has 1 aromatic rings. The van der Waals surface area contributed by atoms with E-state index >= 15 is 0 Å². The third kappa shape index (κ3) is 3.14. The molecular weight excluding hydrogens is 216 g/mol. The van der Waals surface area contributed by atoms with E-state index in [0.29, 0.717) is 17.4 Å². The molecule has 0 fully saturated rings. The molecule has 1 aromatic heterocycles. The molecule has 0 bridgehead atoms. The Kier molecular flexibility index (Phi) is 3.99. The topological polar surface area (TPSA) is 72.1 Å². The summed E-state index contributed by atoms with van der Waals surface area (Å²) in [5.74, 6) is -0.156. The lowest BCUT2D eigenvalue weighted by Crippen LogP contribution is -2.39. The Morgan fingerprint density at radius 3 is 2.73 bits per heavy atom. The largest absolute Gasteiger partial charge is 0.338 e. The summed E-state index contributed by atoms with van der Waals surface area (Å²) < 4.78 is 0. The first-order valence-corrected chi connectivity index (χ1v) is 4.86. The molecule has 0 saturated carbocycles. The van der Waals surface area contributed by atoms with E-state index in [1.165, 1.54) is 17.3 Å². The van der Waals surface area contributed by atoms with Crippen molar-refractivity contribution in [2.75, 3.05) is 7.05 Å². The molecule has 0 aliphatic heterocycles. The van der Waals surface area contributed by atoms with Crippen LogP contribution in [0.2, 0.25) is 5.15 Å². The maximum atomic E-state index is 11.5. The van der Waals surface area contributed by atoms with Crippen LogP contribution in [0.15, 0.2) is 12.4 Å². The van der Waals surface area contributed by atoms with Crippen molar-refractivity contribution in [3.63, 3.8) is 0 Å². The molecule has 0 saturated heterocycles. The molecule has 15 heavy (non-hydrogen) atoms. The third-order valence-electron chi connectivity index (χ3n) is 1.88. The molecule has 1 rings (SSSR count). The molecule has 0 radical (unpaired) electrons. The van der Waals surface area contributed by atoms with Crippen molar-refractivity contribution in [1.82, 2.24) is 14.9 Å². The van der Waals surface area contributed by atoms with Crippen LogP contribution in [0.5, 0.6) is 0 Å². The van der Waals surface area contributed by atoms with Crippen LogP contribution in [0.1, 0.15) is 12.6 Å². The fourth-order valence-electron chi connectivity index (χ4n) is 1.11. The van der Waals surface area contributed by atoms with Gasteiger partial charge in [-0.15, -0.1) is 0 Å². The Morgan fingerprint density at radius 2 is 2.20 bits per heavy atom. The highest BCUT2D eigenvalue weighted by Crippen LogP contribution is 2.10. The molecule has 5 nitrogen and oxygen atoms in total. The molecule has 2 N–H and O–H groups in total. The first kappa shape index (κ1) is 11.9. The van der Waals surface area contributed by atoms with E-state index in [-0.39, 0.29) is 5.91 Å². The number of hydrogen-bond donors (Lipinski definition) is 1. The van der Waals surface area contributed by atoms with Gasteiger partial charge in [-0.2, -0.15) is 0 Å². The number of nitrogens with two attached hydrogens (primary N) is 1. The molecule has 0 spiro atoms. The molecule has 1 amide bonds. The van der Waals surface area contributed by atoms with Gasteiger partial charge in [0.05, 0.1) is 18.3 Å². The minimum atomic E-state index is -0.523. The summed E-state index contributed by atoms with van der Waals surface area (Å²) in [7, 11) is 1.65. The smallest absolute Gasteiger partial charge is 0.239 e. The Balaban J connectivity index is 2.71. The van der Waals surface area contributed by atoms with Crippen molar-refractivity contribution >= 4 is 17.5 Å². The van der Waals surface area contributed by atoms with Gasteiger partial charge in [0.25, 0.3) is 0 Å². The van der Waals surface area contributed by atoms with Gasteiger partial charge in [0.2, 0.25) is 5.91 Å². The van der Waals surface area contributed by atoms with E-state index in [1.54, 1.807) is 14.0 Å². The highest BCUT2D eigenvalue weighted by Gasteiger charge is 2.15. The molecule has 1 heterocycles. The lowest BCUT2D eigenvalue weighted by Gasteiger charge is -2.18. The second-order valence-corrected chi connectivity index (χ2v) is 3.63. The second kappa shape index (κ2) is 5.04. The highest BCUT2D eigenvalue weighted by molar-refractivity contribution is 6.29. The molecule has 0 aliphatic carbocycles. The van der Waals surface area contributed by atoms with Crippen LogP contribution in [0.25, 0.3) is 0 Å². The zero-order valence-corrected chi connectivity index (χ0v) is 9.40. The van der Waals surface area contributed by atoms with Gasteiger partial charge in [-0.1, -0.05) is 11.6 Å². The average Bonchev–Trinajstić information content (AvgIpc) is 2.20. The number of rotatable bonds is 3. The zero-order valence-electron chi connectivity index (χ0n) is 8.64. The normalized spacial score (nSPS) is 12.3. The van der Waals surface area contributed by atoms with E-state index in [1.807, 2.05) is 0 Å². The second-order valence-electron chi connectivity index (χ2n) is 3.28. The first-order chi connectivity index (χ1) is 7.02. The van der Waals surface area contributed by atoms with Crippen molar-refractivity contribution in [2.45, 2.75) is 19.5 Å². The number of amides is 1. The van der Waals surface area contributed by atoms with Crippen LogP contribution in [-0.4, -0.2) is 33.9 Å². The summed E-state index contributed by atoms with van der Waals surface area (Å²) in [6.45, 7) is 1.95. The molecule has 0 aromatic carbocycles. The number of likely N-dealkylation sites (N-methyl/N-ethyl adjacent to an activating group) is 1. The van der Waals surface area contributed by atoms with Crippen LogP contribution in [0.4, 0.5) is 0 Å². The van der Waals surface area contributed by atoms with Crippen LogP contribution in [0, 0.1) is 0 Å². The predicted octanol–water partition coefficient (Wildman–Crippen LogP) is 0.436. The molecule has 1 unspecified atom stereocenters. The highest BCUT2D eigenvalue weighted by atomic mass is 35.5. The summed E-state index contributed by atoms with van der Waals surface area (Å²) >= 11 is 5.81. The molecule has 0 aliphatic rings. The molecule has 6 heteroatoms. The maximum Gasteiger partial charge on any atom is 0.239 e. The van der Waals surface area contributed by atoms with Crippen LogP contribution in [-0.2, 0) is 11.3 Å². The number of nitrogens with zero attached hydrogens (tertiary/aromatic N) is 3. The van der Waals surface area contributed by atoms with Crippen LogP contribution < -0.4 is 5.73 Å².